The molecule has 1 N–H and O–H groups in total. The highest BCUT2D eigenvalue weighted by Gasteiger charge is 2.66. The maximum absolute atomic E-state index is 13.5. The standard InChI is InChI=1S/C22H16F6N2O6/c23-21(24,25)12-3-1-2-11(6-12)9-30-16(31)8-20(19(30)35)14-7-13(36-22(26,27)28)4-5-15(14)29(18(20)34)10-17(32)33/h1-3,5-7,13H,4,8-10H2,(H,32,33). The maximum Gasteiger partial charge on any atom is 0.523 e. The van der Waals surface area contributed by atoms with Crippen LogP contribution in [0.1, 0.15) is 24.0 Å². The van der Waals surface area contributed by atoms with E-state index in [1.165, 1.54) is 6.07 Å². The van der Waals surface area contributed by atoms with E-state index in [9.17, 15) is 50.6 Å². The molecule has 4 rings (SSSR count). The van der Waals surface area contributed by atoms with Crippen molar-refractivity contribution in [1.29, 1.82) is 0 Å². The highest BCUT2D eigenvalue weighted by Crippen LogP contribution is 2.53. The summed E-state index contributed by atoms with van der Waals surface area (Å²) in [6.07, 6.45) is -10.7. The molecular formula is C22H16F6N2O6. The first-order chi connectivity index (χ1) is 16.6. The average molecular weight is 518 g/mol. The molecule has 14 heteroatoms. The zero-order valence-corrected chi connectivity index (χ0v) is 18.0. The molecule has 1 aliphatic carbocycles. The van der Waals surface area contributed by atoms with E-state index in [4.69, 9.17) is 0 Å². The lowest BCUT2D eigenvalue weighted by Gasteiger charge is -2.25. The Morgan fingerprint density at radius 3 is 2.36 bits per heavy atom. The summed E-state index contributed by atoms with van der Waals surface area (Å²) >= 11 is 0. The lowest BCUT2D eigenvalue weighted by molar-refractivity contribution is -0.336. The largest absolute Gasteiger partial charge is 0.523 e. The lowest BCUT2D eigenvalue weighted by atomic mass is 9.77. The number of rotatable bonds is 5. The number of fused-ring (bicyclic) bond motifs is 2. The molecule has 1 aromatic carbocycles. The number of allylic oxidation sites excluding steroid dienone is 1. The van der Waals surface area contributed by atoms with Crippen molar-refractivity contribution in [3.8, 4) is 0 Å². The number of aliphatic carboxylic acids is 1. The monoisotopic (exact) mass is 518 g/mol. The Kier molecular flexibility index (Phi) is 5.98. The van der Waals surface area contributed by atoms with Crippen LogP contribution in [0.5, 0.6) is 0 Å². The van der Waals surface area contributed by atoms with E-state index in [-0.39, 0.29) is 16.8 Å². The van der Waals surface area contributed by atoms with Crippen LogP contribution in [0.2, 0.25) is 0 Å². The number of likely N-dealkylation sites (tertiary alicyclic amines) is 2. The highest BCUT2D eigenvalue weighted by molar-refractivity contribution is 6.22. The number of amides is 3. The predicted molar refractivity (Wildman–Crippen MR) is 105 cm³/mol. The Morgan fingerprint density at radius 2 is 1.75 bits per heavy atom. The number of carboxylic acid groups (broad SMARTS) is 1. The van der Waals surface area contributed by atoms with Gasteiger partial charge in [0.2, 0.25) is 17.7 Å². The Morgan fingerprint density at radius 1 is 1.08 bits per heavy atom. The smallest absolute Gasteiger partial charge is 0.480 e. The SMILES string of the molecule is O=C(O)CN1C(=O)C2(CC(=O)N(Cc3cccc(C(F)(F)F)c3)C2=O)C2=CC(OC(F)(F)F)CC=C21. The third-order valence-electron chi connectivity index (χ3n) is 6.03. The van der Waals surface area contributed by atoms with Crippen molar-refractivity contribution >= 4 is 23.7 Å². The molecule has 2 unspecified atom stereocenters. The second kappa shape index (κ2) is 8.47. The van der Waals surface area contributed by atoms with Crippen molar-refractivity contribution < 1.29 is 55.4 Å². The normalized spacial score (nSPS) is 24.4. The van der Waals surface area contributed by atoms with Gasteiger partial charge in [-0.2, -0.15) is 13.2 Å². The minimum absolute atomic E-state index is 0.0805. The van der Waals surface area contributed by atoms with Crippen molar-refractivity contribution in [3.63, 3.8) is 0 Å². The quantitative estimate of drug-likeness (QED) is 0.365. The highest BCUT2D eigenvalue weighted by atomic mass is 19.4. The van der Waals surface area contributed by atoms with Crippen LogP contribution in [0.15, 0.2) is 47.7 Å². The molecule has 8 nitrogen and oxygen atoms in total. The molecule has 3 aliphatic rings. The number of nitrogens with zero attached hydrogens (tertiary/aromatic N) is 2. The van der Waals surface area contributed by atoms with Gasteiger partial charge in [0, 0.05) is 5.70 Å². The van der Waals surface area contributed by atoms with E-state index in [1.54, 1.807) is 0 Å². The van der Waals surface area contributed by atoms with Crippen LogP contribution in [0, 0.1) is 5.41 Å². The number of carbonyl (C=O) groups is 4. The van der Waals surface area contributed by atoms with E-state index >= 15 is 0 Å². The van der Waals surface area contributed by atoms with Crippen LogP contribution in [-0.4, -0.2) is 57.6 Å². The van der Waals surface area contributed by atoms with Gasteiger partial charge in [-0.1, -0.05) is 18.2 Å². The molecule has 192 valence electrons. The van der Waals surface area contributed by atoms with E-state index in [1.807, 2.05) is 0 Å². The van der Waals surface area contributed by atoms with Gasteiger partial charge in [0.25, 0.3) is 0 Å². The van der Waals surface area contributed by atoms with Gasteiger partial charge in [-0.25, -0.2) is 0 Å². The molecule has 1 aromatic rings. The van der Waals surface area contributed by atoms with Gasteiger partial charge in [0.1, 0.15) is 6.54 Å². The van der Waals surface area contributed by atoms with Crippen LogP contribution >= 0.6 is 0 Å². The molecule has 0 saturated carbocycles. The van der Waals surface area contributed by atoms with Gasteiger partial charge in [0.05, 0.1) is 24.6 Å². The summed E-state index contributed by atoms with van der Waals surface area (Å²) in [6, 6.07) is 3.80. The number of carbonyl (C=O) groups excluding carboxylic acids is 3. The van der Waals surface area contributed by atoms with Crippen LogP contribution in [0.4, 0.5) is 26.3 Å². The van der Waals surface area contributed by atoms with Gasteiger partial charge in [0.15, 0.2) is 5.41 Å². The second-order valence-corrected chi connectivity index (χ2v) is 8.36. The molecule has 3 amide bonds. The van der Waals surface area contributed by atoms with Gasteiger partial charge in [-0.05, 0) is 35.8 Å². The summed E-state index contributed by atoms with van der Waals surface area (Å²) in [7, 11) is 0. The molecule has 2 aliphatic heterocycles. The second-order valence-electron chi connectivity index (χ2n) is 8.36. The minimum atomic E-state index is -5.06. The first-order valence-electron chi connectivity index (χ1n) is 10.4. The summed E-state index contributed by atoms with van der Waals surface area (Å²) < 4.78 is 81.6. The van der Waals surface area contributed by atoms with E-state index < -0.39 is 79.2 Å². The zero-order chi connectivity index (χ0) is 26.6. The first kappa shape index (κ1) is 25.4. The van der Waals surface area contributed by atoms with Gasteiger partial charge < -0.3 is 5.11 Å². The van der Waals surface area contributed by atoms with Gasteiger partial charge in [-0.3, -0.25) is 33.7 Å². The summed E-state index contributed by atoms with van der Waals surface area (Å²) in [4.78, 5) is 52.2. The number of carboxylic acids is 1. The van der Waals surface area contributed by atoms with Crippen LogP contribution in [0.25, 0.3) is 0 Å². The Hall–Kier alpha value is -3.68. The Labute approximate surface area is 198 Å². The van der Waals surface area contributed by atoms with Crippen molar-refractivity contribution in [2.45, 2.75) is 38.0 Å². The fourth-order valence-electron chi connectivity index (χ4n) is 4.60. The molecular weight excluding hydrogens is 502 g/mol. The number of ether oxygens (including phenoxy) is 1. The van der Waals surface area contributed by atoms with Gasteiger partial charge in [-0.15, -0.1) is 13.2 Å². The first-order valence-corrected chi connectivity index (χ1v) is 10.4. The average Bonchev–Trinajstić information content (AvgIpc) is 3.13. The number of imide groups is 1. The Balaban J connectivity index is 1.73. The molecule has 0 aromatic heterocycles. The Bertz CT molecular complexity index is 1220. The topological polar surface area (TPSA) is 104 Å². The molecule has 2 fully saturated rings. The third-order valence-corrected chi connectivity index (χ3v) is 6.03. The van der Waals surface area contributed by atoms with Crippen molar-refractivity contribution in [3.05, 3.63) is 58.8 Å². The van der Waals surface area contributed by atoms with Crippen LogP contribution in [-0.2, 0) is 36.6 Å². The summed E-state index contributed by atoms with van der Waals surface area (Å²) in [5, 5.41) is 9.21. The number of hydrogen-bond acceptors (Lipinski definition) is 5. The molecule has 0 radical (unpaired) electrons. The van der Waals surface area contributed by atoms with Crippen molar-refractivity contribution in [2.24, 2.45) is 5.41 Å². The predicted octanol–water partition coefficient (Wildman–Crippen LogP) is 3.00. The van der Waals surface area contributed by atoms with Crippen molar-refractivity contribution in [1.82, 2.24) is 9.80 Å². The molecule has 36 heavy (non-hydrogen) atoms. The van der Waals surface area contributed by atoms with Crippen LogP contribution < -0.4 is 0 Å². The number of halogens is 6. The maximum atomic E-state index is 13.5. The van der Waals surface area contributed by atoms with Crippen molar-refractivity contribution in [2.75, 3.05) is 6.54 Å². The molecule has 1 spiro atoms. The van der Waals surface area contributed by atoms with E-state index in [2.05, 4.69) is 4.74 Å². The fourth-order valence-corrected chi connectivity index (χ4v) is 4.60. The number of hydrogen-bond donors (Lipinski definition) is 1. The third kappa shape index (κ3) is 4.36. The molecule has 2 saturated heterocycles. The molecule has 2 heterocycles. The minimum Gasteiger partial charge on any atom is -0.480 e. The fraction of sp³-hybridized carbons (Fsp3) is 0.364. The molecule has 2 atom stereocenters. The van der Waals surface area contributed by atoms with Crippen LogP contribution in [0.3, 0.4) is 0 Å². The summed E-state index contributed by atoms with van der Waals surface area (Å²) in [6.45, 7) is -1.56. The summed E-state index contributed by atoms with van der Waals surface area (Å²) in [5.41, 5.74) is -3.91. The summed E-state index contributed by atoms with van der Waals surface area (Å²) in [5.74, 6) is -4.73. The lowest BCUT2D eigenvalue weighted by Crippen LogP contribution is -2.43. The number of benzene rings is 1. The van der Waals surface area contributed by atoms with E-state index in [0.29, 0.717) is 9.80 Å². The van der Waals surface area contributed by atoms with Gasteiger partial charge >= 0.3 is 18.5 Å². The van der Waals surface area contributed by atoms with E-state index in [0.717, 1.165) is 30.4 Å². The zero-order valence-electron chi connectivity index (χ0n) is 18.0. The number of alkyl halides is 6. The molecule has 0 bridgehead atoms.